The molecule has 0 aliphatic heterocycles. The summed E-state index contributed by atoms with van der Waals surface area (Å²) in [4.78, 5) is -0.447. The summed E-state index contributed by atoms with van der Waals surface area (Å²) in [5, 5.41) is 10.4. The SMILES string of the molecule is CCc1c(OC)c(O)c(C(C)CC)c(OC)c1S(=O)(=O)[O-]. The second-order valence-electron chi connectivity index (χ2n) is 4.75. The monoisotopic (exact) mass is 317 g/mol. The van der Waals surface area contributed by atoms with Crippen molar-refractivity contribution in [1.82, 2.24) is 0 Å². The molecule has 0 radical (unpaired) electrons. The Bertz CT molecular complexity index is 621. The molecular formula is C14H21O6S-. The molecule has 0 aliphatic rings. The minimum atomic E-state index is -4.77. The summed E-state index contributed by atoms with van der Waals surface area (Å²) in [6.45, 7) is 5.37. The van der Waals surface area contributed by atoms with Crippen LogP contribution in [-0.4, -0.2) is 32.3 Å². The van der Waals surface area contributed by atoms with Gasteiger partial charge in [-0.2, -0.15) is 0 Å². The van der Waals surface area contributed by atoms with E-state index in [9.17, 15) is 18.1 Å². The van der Waals surface area contributed by atoms with Crippen molar-refractivity contribution in [1.29, 1.82) is 0 Å². The van der Waals surface area contributed by atoms with E-state index in [0.717, 1.165) is 0 Å². The van der Waals surface area contributed by atoms with Crippen LogP contribution in [0.5, 0.6) is 17.2 Å². The third-order valence-corrected chi connectivity index (χ3v) is 4.52. The number of phenols is 1. The van der Waals surface area contributed by atoms with Crippen LogP contribution < -0.4 is 9.47 Å². The average molecular weight is 317 g/mol. The molecule has 21 heavy (non-hydrogen) atoms. The van der Waals surface area contributed by atoms with E-state index in [-0.39, 0.29) is 40.7 Å². The number of hydrogen-bond acceptors (Lipinski definition) is 6. The normalized spacial score (nSPS) is 13.0. The van der Waals surface area contributed by atoms with Crippen LogP contribution in [0.25, 0.3) is 0 Å². The van der Waals surface area contributed by atoms with Gasteiger partial charge in [-0.1, -0.05) is 20.8 Å². The molecule has 1 unspecified atom stereocenters. The molecule has 0 bridgehead atoms. The summed E-state index contributed by atoms with van der Waals surface area (Å²) in [5.74, 6) is -0.439. The van der Waals surface area contributed by atoms with E-state index >= 15 is 0 Å². The molecule has 0 spiro atoms. The number of methoxy groups -OCH3 is 2. The quantitative estimate of drug-likeness (QED) is 0.809. The van der Waals surface area contributed by atoms with Crippen LogP contribution >= 0.6 is 0 Å². The fourth-order valence-corrected chi connectivity index (χ4v) is 3.36. The van der Waals surface area contributed by atoms with Gasteiger partial charge in [-0.05, 0) is 18.8 Å². The van der Waals surface area contributed by atoms with Crippen LogP contribution in [0.4, 0.5) is 0 Å². The van der Waals surface area contributed by atoms with E-state index < -0.39 is 15.0 Å². The van der Waals surface area contributed by atoms with Gasteiger partial charge in [0.05, 0.1) is 14.2 Å². The number of aromatic hydroxyl groups is 1. The lowest BCUT2D eigenvalue weighted by molar-refractivity contribution is 0.343. The van der Waals surface area contributed by atoms with Gasteiger partial charge in [0.1, 0.15) is 20.8 Å². The summed E-state index contributed by atoms with van der Waals surface area (Å²) in [6, 6.07) is 0. The maximum Gasteiger partial charge on any atom is 0.165 e. The van der Waals surface area contributed by atoms with E-state index in [1.165, 1.54) is 14.2 Å². The van der Waals surface area contributed by atoms with Gasteiger partial charge in [-0.25, -0.2) is 8.42 Å². The van der Waals surface area contributed by atoms with Crippen LogP contribution in [0, 0.1) is 0 Å². The Morgan fingerprint density at radius 2 is 1.71 bits per heavy atom. The molecule has 0 saturated carbocycles. The molecule has 0 amide bonds. The first-order chi connectivity index (χ1) is 9.74. The summed E-state index contributed by atoms with van der Waals surface area (Å²) >= 11 is 0. The third kappa shape index (κ3) is 3.08. The predicted octanol–water partition coefficient (Wildman–Crippen LogP) is 2.39. The van der Waals surface area contributed by atoms with Crippen molar-refractivity contribution in [3.63, 3.8) is 0 Å². The Morgan fingerprint density at radius 3 is 2.05 bits per heavy atom. The zero-order valence-electron chi connectivity index (χ0n) is 12.9. The van der Waals surface area contributed by atoms with E-state index in [1.807, 2.05) is 13.8 Å². The van der Waals surface area contributed by atoms with Gasteiger partial charge in [0, 0.05) is 11.1 Å². The number of phenolic OH excluding ortho intramolecular Hbond substituents is 1. The minimum Gasteiger partial charge on any atom is -0.744 e. The molecule has 1 aromatic rings. The van der Waals surface area contributed by atoms with Crippen molar-refractivity contribution < 1.29 is 27.6 Å². The fraction of sp³-hybridized carbons (Fsp3) is 0.571. The first-order valence-corrected chi connectivity index (χ1v) is 8.10. The average Bonchev–Trinajstić information content (AvgIpc) is 2.43. The van der Waals surface area contributed by atoms with E-state index in [4.69, 9.17) is 9.47 Å². The molecule has 0 heterocycles. The maximum atomic E-state index is 11.7. The minimum absolute atomic E-state index is 0.0167. The molecule has 0 saturated heterocycles. The van der Waals surface area contributed by atoms with Gasteiger partial charge in [0.2, 0.25) is 0 Å². The topological polar surface area (TPSA) is 95.9 Å². The Kier molecular flexibility index (Phi) is 5.47. The van der Waals surface area contributed by atoms with Crippen molar-refractivity contribution in [3.05, 3.63) is 11.1 Å². The first kappa shape index (κ1) is 17.6. The van der Waals surface area contributed by atoms with Crippen LogP contribution in [0.15, 0.2) is 4.90 Å². The zero-order chi connectivity index (χ0) is 16.4. The third-order valence-electron chi connectivity index (χ3n) is 3.59. The molecule has 0 aromatic heterocycles. The highest BCUT2D eigenvalue weighted by Gasteiger charge is 2.29. The largest absolute Gasteiger partial charge is 0.744 e. The summed E-state index contributed by atoms with van der Waals surface area (Å²) < 4.78 is 45.3. The molecule has 0 aliphatic carbocycles. The van der Waals surface area contributed by atoms with E-state index in [0.29, 0.717) is 6.42 Å². The summed E-state index contributed by atoms with van der Waals surface area (Å²) in [5.41, 5.74) is 0.414. The van der Waals surface area contributed by atoms with Crippen molar-refractivity contribution >= 4 is 10.1 Å². The van der Waals surface area contributed by atoms with Gasteiger partial charge in [-0.15, -0.1) is 0 Å². The Balaban J connectivity index is 4.01. The molecule has 1 atom stereocenters. The number of ether oxygens (including phenoxy) is 2. The van der Waals surface area contributed by atoms with Crippen molar-refractivity contribution in [2.75, 3.05) is 14.2 Å². The van der Waals surface area contributed by atoms with Crippen molar-refractivity contribution in [2.24, 2.45) is 0 Å². The molecule has 1 rings (SSSR count). The highest BCUT2D eigenvalue weighted by atomic mass is 32.2. The highest BCUT2D eigenvalue weighted by Crippen LogP contribution is 2.49. The van der Waals surface area contributed by atoms with Crippen molar-refractivity contribution in [3.8, 4) is 17.2 Å². The summed E-state index contributed by atoms with van der Waals surface area (Å²) in [7, 11) is -2.17. The maximum absolute atomic E-state index is 11.7. The van der Waals surface area contributed by atoms with Crippen LogP contribution in [-0.2, 0) is 16.5 Å². The Morgan fingerprint density at radius 1 is 1.19 bits per heavy atom. The molecule has 120 valence electrons. The second-order valence-corrected chi connectivity index (χ2v) is 6.07. The van der Waals surface area contributed by atoms with Gasteiger partial charge < -0.3 is 19.1 Å². The highest BCUT2D eigenvalue weighted by molar-refractivity contribution is 7.86. The van der Waals surface area contributed by atoms with Crippen LogP contribution in [0.2, 0.25) is 0 Å². The molecule has 7 heteroatoms. The predicted molar refractivity (Wildman–Crippen MR) is 77.3 cm³/mol. The van der Waals surface area contributed by atoms with E-state index in [1.54, 1.807) is 6.92 Å². The summed E-state index contributed by atoms with van der Waals surface area (Å²) in [6.07, 6.45) is 0.849. The van der Waals surface area contributed by atoms with Gasteiger partial charge in [-0.3, -0.25) is 0 Å². The number of rotatable bonds is 6. The molecular weight excluding hydrogens is 296 g/mol. The number of benzene rings is 1. The lowest BCUT2D eigenvalue weighted by Gasteiger charge is -2.25. The zero-order valence-corrected chi connectivity index (χ0v) is 13.7. The lowest BCUT2D eigenvalue weighted by atomic mass is 9.93. The van der Waals surface area contributed by atoms with E-state index in [2.05, 4.69) is 0 Å². The molecule has 1 N–H and O–H groups in total. The second kappa shape index (κ2) is 6.53. The van der Waals surface area contributed by atoms with Crippen molar-refractivity contribution in [2.45, 2.75) is 44.4 Å². The fourth-order valence-electron chi connectivity index (χ4n) is 2.40. The van der Waals surface area contributed by atoms with Crippen LogP contribution in [0.1, 0.15) is 44.2 Å². The number of hydrogen-bond donors (Lipinski definition) is 1. The Hall–Kier alpha value is -1.47. The lowest BCUT2D eigenvalue weighted by Crippen LogP contribution is -2.11. The molecule has 0 fully saturated rings. The molecule has 6 nitrogen and oxygen atoms in total. The Labute approximate surface area is 125 Å². The van der Waals surface area contributed by atoms with Crippen LogP contribution in [0.3, 0.4) is 0 Å². The molecule has 1 aromatic carbocycles. The first-order valence-electron chi connectivity index (χ1n) is 6.69. The van der Waals surface area contributed by atoms with Gasteiger partial charge in [0.15, 0.2) is 11.5 Å². The van der Waals surface area contributed by atoms with Gasteiger partial charge >= 0.3 is 0 Å². The standard InChI is InChI=1S/C14H22O6S/c1-6-8(3)10-11(15)12(19-4)9(7-2)14(13(10)20-5)21(16,17)18/h8,15H,6-7H2,1-5H3,(H,16,17,18)/p-1. The smallest absolute Gasteiger partial charge is 0.165 e. The van der Waals surface area contributed by atoms with Gasteiger partial charge in [0.25, 0.3) is 0 Å².